The summed E-state index contributed by atoms with van der Waals surface area (Å²) in [4.78, 5) is 12.4. The second-order valence-electron chi connectivity index (χ2n) is 10.5. The molecule has 0 aliphatic rings. The highest BCUT2D eigenvalue weighted by Gasteiger charge is 2.39. The molecule has 2 atom stereocenters. The van der Waals surface area contributed by atoms with Gasteiger partial charge in [0.15, 0.2) is 8.32 Å². The van der Waals surface area contributed by atoms with Crippen LogP contribution in [0.5, 0.6) is 0 Å². The summed E-state index contributed by atoms with van der Waals surface area (Å²) in [6.07, 6.45) is 6.12. The molecule has 0 N–H and O–H groups in total. The minimum atomic E-state index is -1.94. The van der Waals surface area contributed by atoms with Gasteiger partial charge in [0.1, 0.15) is 6.10 Å². The van der Waals surface area contributed by atoms with Crippen LogP contribution < -0.4 is 0 Å². The lowest BCUT2D eigenvalue weighted by Crippen LogP contribution is -2.45. The lowest BCUT2D eigenvalue weighted by atomic mass is 10.0. The summed E-state index contributed by atoms with van der Waals surface area (Å²) in [5, 5.41) is 0.132. The lowest BCUT2D eigenvalue weighted by Gasteiger charge is -2.40. The second-order valence-corrected chi connectivity index (χ2v) is 15.3. The first kappa shape index (κ1) is 28.6. The van der Waals surface area contributed by atoms with Gasteiger partial charge in [0.05, 0.1) is 19.1 Å². The normalized spacial score (nSPS) is 14.2. The number of rotatable bonds is 15. The Morgan fingerprint density at radius 1 is 1.09 bits per heavy atom. The zero-order valence-corrected chi connectivity index (χ0v) is 22.5. The van der Waals surface area contributed by atoms with Crippen molar-refractivity contribution in [3.8, 4) is 0 Å². The summed E-state index contributed by atoms with van der Waals surface area (Å²) in [5.41, 5.74) is 1.15. The van der Waals surface area contributed by atoms with Crippen molar-refractivity contribution in [1.29, 1.82) is 0 Å². The fraction of sp³-hybridized carbons (Fsp3) is 0.667. The number of allylic oxidation sites excluding steroid dienone is 1. The Hall–Kier alpha value is -1.43. The van der Waals surface area contributed by atoms with Crippen molar-refractivity contribution in [2.24, 2.45) is 5.92 Å². The van der Waals surface area contributed by atoms with Gasteiger partial charge in [-0.05, 0) is 43.0 Å². The van der Waals surface area contributed by atoms with Crippen LogP contribution in [0.3, 0.4) is 0 Å². The van der Waals surface area contributed by atoms with E-state index in [1.165, 1.54) is 0 Å². The first-order chi connectivity index (χ1) is 15.0. The Bertz CT molecular complexity index is 664. The van der Waals surface area contributed by atoms with Crippen LogP contribution in [-0.4, -0.2) is 33.1 Å². The molecule has 4 nitrogen and oxygen atoms in total. The van der Waals surface area contributed by atoms with Crippen molar-refractivity contribution in [3.05, 3.63) is 48.6 Å². The first-order valence-electron chi connectivity index (χ1n) is 12.1. The molecule has 0 amide bonds. The predicted molar refractivity (Wildman–Crippen MR) is 136 cm³/mol. The highest BCUT2D eigenvalue weighted by molar-refractivity contribution is 6.74. The van der Waals surface area contributed by atoms with Crippen LogP contribution in [0.2, 0.25) is 18.1 Å². The van der Waals surface area contributed by atoms with Crippen LogP contribution in [0, 0.1) is 5.92 Å². The van der Waals surface area contributed by atoms with E-state index in [2.05, 4.69) is 52.6 Å². The molecule has 0 radical (unpaired) electrons. The van der Waals surface area contributed by atoms with Crippen LogP contribution in [0.15, 0.2) is 43.0 Å². The number of carbonyl (C=O) groups is 1. The molecule has 32 heavy (non-hydrogen) atoms. The van der Waals surface area contributed by atoms with Crippen molar-refractivity contribution < 1.29 is 18.7 Å². The smallest absolute Gasteiger partial charge is 0.308 e. The van der Waals surface area contributed by atoms with Gasteiger partial charge >= 0.3 is 5.97 Å². The third-order valence-electron chi connectivity index (χ3n) is 6.18. The number of benzene rings is 1. The Kier molecular flexibility index (Phi) is 12.5. The molecule has 0 aliphatic heterocycles. The monoisotopic (exact) mass is 462 g/mol. The van der Waals surface area contributed by atoms with Crippen LogP contribution in [0.1, 0.15) is 72.3 Å². The Balaban J connectivity index is 2.81. The minimum Gasteiger partial charge on any atom is -0.462 e. The summed E-state index contributed by atoms with van der Waals surface area (Å²) in [6, 6.07) is 10.1. The molecule has 0 unspecified atom stereocenters. The van der Waals surface area contributed by atoms with Crippen LogP contribution in [-0.2, 0) is 25.3 Å². The lowest BCUT2D eigenvalue weighted by molar-refractivity contribution is -0.155. The molecule has 1 aromatic rings. The molecule has 0 fully saturated rings. The van der Waals surface area contributed by atoms with E-state index in [1.54, 1.807) is 0 Å². The van der Waals surface area contributed by atoms with Gasteiger partial charge in [0, 0.05) is 18.9 Å². The van der Waals surface area contributed by atoms with Gasteiger partial charge in [0.25, 0.3) is 0 Å². The molecule has 5 heteroatoms. The summed E-state index contributed by atoms with van der Waals surface area (Å²) < 4.78 is 18.6. The van der Waals surface area contributed by atoms with E-state index in [1.807, 2.05) is 38.1 Å². The SMILES string of the molecule is C=CCCC[C@@H](C[C@H](CCOCc1ccccc1)OC(=O)C(C)C)O[Si](C)(C)C(C)(C)C. The van der Waals surface area contributed by atoms with E-state index in [4.69, 9.17) is 13.9 Å². The molecule has 0 aromatic heterocycles. The van der Waals surface area contributed by atoms with Gasteiger partial charge < -0.3 is 13.9 Å². The van der Waals surface area contributed by atoms with Crippen LogP contribution in [0.4, 0.5) is 0 Å². The Morgan fingerprint density at radius 3 is 2.31 bits per heavy atom. The number of hydrogen-bond donors (Lipinski definition) is 0. The topological polar surface area (TPSA) is 44.8 Å². The number of hydrogen-bond acceptors (Lipinski definition) is 4. The zero-order valence-electron chi connectivity index (χ0n) is 21.5. The maximum atomic E-state index is 12.4. The van der Waals surface area contributed by atoms with Gasteiger partial charge in [0.2, 0.25) is 0 Å². The van der Waals surface area contributed by atoms with E-state index in [9.17, 15) is 4.79 Å². The summed E-state index contributed by atoms with van der Waals surface area (Å²) in [5.74, 6) is -0.307. The Morgan fingerprint density at radius 2 is 1.75 bits per heavy atom. The summed E-state index contributed by atoms with van der Waals surface area (Å²) in [7, 11) is -1.94. The van der Waals surface area contributed by atoms with Crippen molar-refractivity contribution >= 4 is 14.3 Å². The van der Waals surface area contributed by atoms with E-state index in [-0.39, 0.29) is 29.1 Å². The average molecular weight is 463 g/mol. The second kappa shape index (κ2) is 14.0. The molecule has 0 saturated heterocycles. The number of ether oxygens (including phenoxy) is 2. The van der Waals surface area contributed by atoms with Crippen molar-refractivity contribution in [2.45, 2.75) is 104 Å². The maximum absolute atomic E-state index is 12.4. The van der Waals surface area contributed by atoms with Crippen LogP contribution in [0.25, 0.3) is 0 Å². The van der Waals surface area contributed by atoms with Gasteiger partial charge in [-0.15, -0.1) is 6.58 Å². The summed E-state index contributed by atoms with van der Waals surface area (Å²) in [6.45, 7) is 20.0. The fourth-order valence-corrected chi connectivity index (χ4v) is 4.51. The molecule has 0 bridgehead atoms. The number of unbranched alkanes of at least 4 members (excludes halogenated alkanes) is 1. The fourth-order valence-electron chi connectivity index (χ4n) is 3.11. The van der Waals surface area contributed by atoms with Crippen molar-refractivity contribution in [2.75, 3.05) is 6.61 Å². The Labute approximate surface area is 197 Å². The summed E-state index contributed by atoms with van der Waals surface area (Å²) >= 11 is 0. The highest BCUT2D eigenvalue weighted by atomic mass is 28.4. The molecule has 1 rings (SSSR count). The molecule has 1 aromatic carbocycles. The molecule has 0 heterocycles. The quantitative estimate of drug-likeness (QED) is 0.119. The minimum absolute atomic E-state index is 0.0647. The van der Waals surface area contributed by atoms with E-state index in [0.29, 0.717) is 26.1 Å². The molecule has 0 aliphatic carbocycles. The average Bonchev–Trinajstić information content (AvgIpc) is 2.70. The van der Waals surface area contributed by atoms with Crippen molar-refractivity contribution in [3.63, 3.8) is 0 Å². The van der Waals surface area contributed by atoms with Crippen molar-refractivity contribution in [1.82, 2.24) is 0 Å². The maximum Gasteiger partial charge on any atom is 0.308 e. The van der Waals surface area contributed by atoms with Gasteiger partial charge in [-0.1, -0.05) is 71.0 Å². The van der Waals surface area contributed by atoms with Gasteiger partial charge in [-0.2, -0.15) is 0 Å². The third kappa shape index (κ3) is 10.9. The van der Waals surface area contributed by atoms with E-state index in [0.717, 1.165) is 24.8 Å². The standard InChI is InChI=1S/C27H46O4Si/c1-9-10-12-17-25(31-32(7,8)27(4,5)6)20-24(30-26(28)22(2)3)18-19-29-21-23-15-13-11-14-16-23/h9,11,13-16,22,24-25H,1,10,12,17-21H2,2-8H3/t24-,25-/m0/s1. The molecule has 182 valence electrons. The number of esters is 1. The number of carbonyl (C=O) groups excluding carboxylic acids is 1. The van der Waals surface area contributed by atoms with E-state index >= 15 is 0 Å². The van der Waals surface area contributed by atoms with Crippen LogP contribution >= 0.6 is 0 Å². The molecular formula is C27H46O4Si. The highest BCUT2D eigenvalue weighted by Crippen LogP contribution is 2.38. The zero-order chi connectivity index (χ0) is 24.2. The molecule has 0 spiro atoms. The van der Waals surface area contributed by atoms with E-state index < -0.39 is 8.32 Å². The first-order valence-corrected chi connectivity index (χ1v) is 15.0. The molecular weight excluding hydrogens is 416 g/mol. The molecule has 0 saturated carbocycles. The third-order valence-corrected chi connectivity index (χ3v) is 10.7. The largest absolute Gasteiger partial charge is 0.462 e. The van der Waals surface area contributed by atoms with Gasteiger partial charge in [-0.25, -0.2) is 0 Å². The predicted octanol–water partition coefficient (Wildman–Crippen LogP) is 7.30. The van der Waals surface area contributed by atoms with Gasteiger partial charge in [-0.3, -0.25) is 4.79 Å².